The summed E-state index contributed by atoms with van der Waals surface area (Å²) >= 11 is 0. The Labute approximate surface area is 169 Å². The first-order chi connectivity index (χ1) is 13.7. The Morgan fingerprint density at radius 1 is 1.07 bits per heavy atom. The zero-order valence-electron chi connectivity index (χ0n) is 16.5. The zero-order valence-corrected chi connectivity index (χ0v) is 17.3. The fraction of sp³-hybridized carbons (Fsp3) is 0.316. The van der Waals surface area contributed by atoms with E-state index in [1.807, 2.05) is 0 Å². The predicted molar refractivity (Wildman–Crippen MR) is 108 cm³/mol. The number of nitrogens with zero attached hydrogens (tertiary/aromatic N) is 1. The molecule has 0 radical (unpaired) electrons. The van der Waals surface area contributed by atoms with E-state index in [2.05, 4.69) is 5.32 Å². The molecule has 1 N–H and O–H groups in total. The lowest BCUT2D eigenvalue weighted by Crippen LogP contribution is -2.45. The van der Waals surface area contributed by atoms with Crippen molar-refractivity contribution in [3.8, 4) is 23.0 Å². The first kappa shape index (κ1) is 20.6. The van der Waals surface area contributed by atoms with Crippen LogP contribution in [0.25, 0.3) is 0 Å². The van der Waals surface area contributed by atoms with Crippen LogP contribution in [0.15, 0.2) is 36.4 Å². The topological polar surface area (TPSA) is 103 Å². The molecule has 0 bridgehead atoms. The highest BCUT2D eigenvalue weighted by Crippen LogP contribution is 2.35. The fourth-order valence-corrected chi connectivity index (χ4v) is 4.16. The molecule has 1 amide bonds. The van der Waals surface area contributed by atoms with Gasteiger partial charge < -0.3 is 24.3 Å². The van der Waals surface area contributed by atoms with Gasteiger partial charge in [-0.15, -0.1) is 0 Å². The van der Waals surface area contributed by atoms with Crippen molar-refractivity contribution in [2.24, 2.45) is 0 Å². The Kier molecular flexibility index (Phi) is 5.73. The average Bonchev–Trinajstić information content (AvgIpc) is 3.14. The summed E-state index contributed by atoms with van der Waals surface area (Å²) in [7, 11) is -0.851. The molecule has 0 saturated heterocycles. The molecule has 2 aromatic rings. The molecule has 10 heteroatoms. The lowest BCUT2D eigenvalue weighted by molar-refractivity contribution is -0.116. The highest BCUT2D eigenvalue weighted by atomic mass is 32.2. The van der Waals surface area contributed by atoms with Gasteiger partial charge in [0.1, 0.15) is 6.04 Å². The van der Waals surface area contributed by atoms with Gasteiger partial charge in [0.25, 0.3) is 0 Å². The number of sulfonamides is 1. The van der Waals surface area contributed by atoms with Gasteiger partial charge >= 0.3 is 0 Å². The van der Waals surface area contributed by atoms with E-state index in [0.717, 1.165) is 10.6 Å². The van der Waals surface area contributed by atoms with Crippen molar-refractivity contribution >= 4 is 27.3 Å². The van der Waals surface area contributed by atoms with Gasteiger partial charge in [0, 0.05) is 17.8 Å². The molecule has 1 atom stereocenters. The summed E-state index contributed by atoms with van der Waals surface area (Å²) in [5.41, 5.74) is 0.741. The quantitative estimate of drug-likeness (QED) is 0.730. The maximum absolute atomic E-state index is 12.8. The Balaban J connectivity index is 1.88. The minimum absolute atomic E-state index is 0.115. The van der Waals surface area contributed by atoms with Crippen LogP contribution in [0, 0.1) is 0 Å². The number of nitrogens with one attached hydrogen (secondary N) is 1. The minimum atomic E-state index is -3.78. The second-order valence-electron chi connectivity index (χ2n) is 6.33. The van der Waals surface area contributed by atoms with E-state index < -0.39 is 22.0 Å². The van der Waals surface area contributed by atoms with Crippen LogP contribution in [-0.4, -0.2) is 47.6 Å². The van der Waals surface area contributed by atoms with Crippen molar-refractivity contribution in [3.63, 3.8) is 0 Å². The summed E-state index contributed by atoms with van der Waals surface area (Å²) in [4.78, 5) is 12.8. The molecule has 1 aliphatic heterocycles. The highest BCUT2D eigenvalue weighted by molar-refractivity contribution is 7.92. The number of benzene rings is 2. The van der Waals surface area contributed by atoms with Gasteiger partial charge in [-0.05, 0) is 31.2 Å². The van der Waals surface area contributed by atoms with Crippen molar-refractivity contribution in [2.75, 3.05) is 36.9 Å². The molecule has 9 nitrogen and oxygen atoms in total. The second kappa shape index (κ2) is 8.08. The summed E-state index contributed by atoms with van der Waals surface area (Å²) in [6, 6.07) is 8.54. The van der Waals surface area contributed by atoms with Crippen molar-refractivity contribution in [2.45, 2.75) is 13.0 Å². The van der Waals surface area contributed by atoms with Crippen molar-refractivity contribution in [1.29, 1.82) is 0 Å². The summed E-state index contributed by atoms with van der Waals surface area (Å²) in [6.07, 6.45) is 1.04. The number of methoxy groups -OCH3 is 2. The number of rotatable bonds is 7. The molecular weight excluding hydrogens is 400 g/mol. The smallest absolute Gasteiger partial charge is 0.247 e. The molecule has 156 valence electrons. The van der Waals surface area contributed by atoms with Gasteiger partial charge in [-0.25, -0.2) is 8.42 Å². The molecule has 0 spiro atoms. The summed E-state index contributed by atoms with van der Waals surface area (Å²) in [5, 5.41) is 2.71. The van der Waals surface area contributed by atoms with Crippen LogP contribution in [0.3, 0.4) is 0 Å². The molecule has 0 saturated carbocycles. The third-order valence-electron chi connectivity index (χ3n) is 4.35. The fourth-order valence-electron chi connectivity index (χ4n) is 2.99. The Morgan fingerprint density at radius 3 is 2.41 bits per heavy atom. The molecule has 29 heavy (non-hydrogen) atoms. The molecule has 2 aromatic carbocycles. The van der Waals surface area contributed by atoms with E-state index in [1.54, 1.807) is 30.3 Å². The van der Waals surface area contributed by atoms with Gasteiger partial charge in [0.2, 0.25) is 22.7 Å². The number of ether oxygens (including phenoxy) is 4. The molecule has 0 aromatic heterocycles. The Morgan fingerprint density at radius 2 is 1.76 bits per heavy atom. The first-order valence-electron chi connectivity index (χ1n) is 8.66. The number of carbonyl (C=O) groups excluding carboxylic acids is 1. The van der Waals surface area contributed by atoms with Crippen molar-refractivity contribution in [1.82, 2.24) is 0 Å². The SMILES string of the molecule is COc1ccc(N([C@H](C)C(=O)Nc2ccc3c(c2)OCO3)S(C)(=O)=O)cc1OC. The van der Waals surface area contributed by atoms with E-state index in [0.29, 0.717) is 28.7 Å². The van der Waals surface area contributed by atoms with E-state index >= 15 is 0 Å². The zero-order chi connectivity index (χ0) is 21.2. The number of fused-ring (bicyclic) bond motifs is 1. The van der Waals surface area contributed by atoms with Gasteiger partial charge in [-0.2, -0.15) is 0 Å². The number of carbonyl (C=O) groups is 1. The molecular formula is C19H22N2O7S. The predicted octanol–water partition coefficient (Wildman–Crippen LogP) is 2.23. The third kappa shape index (κ3) is 4.32. The maximum atomic E-state index is 12.8. The monoisotopic (exact) mass is 422 g/mol. The number of amides is 1. The van der Waals surface area contributed by atoms with Crippen molar-refractivity contribution < 1.29 is 32.2 Å². The first-order valence-corrected chi connectivity index (χ1v) is 10.5. The van der Waals surface area contributed by atoms with Crippen LogP contribution in [-0.2, 0) is 14.8 Å². The largest absolute Gasteiger partial charge is 0.493 e. The van der Waals surface area contributed by atoms with Crippen LogP contribution in [0.5, 0.6) is 23.0 Å². The highest BCUT2D eigenvalue weighted by Gasteiger charge is 2.30. The summed E-state index contributed by atoms with van der Waals surface area (Å²) in [6.45, 7) is 1.62. The normalized spacial score (nSPS) is 13.5. The molecule has 0 aliphatic carbocycles. The van der Waals surface area contributed by atoms with Gasteiger partial charge in [-0.3, -0.25) is 9.10 Å². The second-order valence-corrected chi connectivity index (χ2v) is 8.19. The van der Waals surface area contributed by atoms with Crippen LogP contribution in [0.1, 0.15) is 6.92 Å². The Hall–Kier alpha value is -3.14. The standard InChI is InChI=1S/C19H22N2O7S/c1-12(19(22)20-13-5-7-16-18(9-13)28-11-27-16)21(29(4,23)24)14-6-8-15(25-2)17(10-14)26-3/h5-10,12H,11H2,1-4H3,(H,20,22)/t12-/m1/s1. The third-order valence-corrected chi connectivity index (χ3v) is 5.59. The molecule has 0 fully saturated rings. The van der Waals surface area contributed by atoms with Gasteiger partial charge in [0.05, 0.1) is 26.2 Å². The van der Waals surface area contributed by atoms with Crippen LogP contribution in [0.4, 0.5) is 11.4 Å². The number of hydrogen-bond acceptors (Lipinski definition) is 7. The van der Waals surface area contributed by atoms with Crippen molar-refractivity contribution in [3.05, 3.63) is 36.4 Å². The Bertz CT molecular complexity index is 1020. The van der Waals surface area contributed by atoms with Gasteiger partial charge in [0.15, 0.2) is 23.0 Å². The molecule has 1 aliphatic rings. The minimum Gasteiger partial charge on any atom is -0.493 e. The molecule has 3 rings (SSSR count). The van der Waals surface area contributed by atoms with Gasteiger partial charge in [-0.1, -0.05) is 0 Å². The average molecular weight is 422 g/mol. The summed E-state index contributed by atoms with van der Waals surface area (Å²) in [5.74, 6) is 1.38. The molecule has 1 heterocycles. The van der Waals surface area contributed by atoms with Crippen LogP contribution >= 0.6 is 0 Å². The van der Waals surface area contributed by atoms with E-state index in [4.69, 9.17) is 18.9 Å². The lowest BCUT2D eigenvalue weighted by Gasteiger charge is -2.28. The maximum Gasteiger partial charge on any atom is 0.247 e. The number of anilines is 2. The van der Waals surface area contributed by atoms with E-state index in [-0.39, 0.29) is 12.5 Å². The molecule has 0 unspecified atom stereocenters. The van der Waals surface area contributed by atoms with E-state index in [9.17, 15) is 13.2 Å². The summed E-state index contributed by atoms with van der Waals surface area (Å²) < 4.78 is 46.9. The lowest BCUT2D eigenvalue weighted by atomic mass is 10.2. The van der Waals surface area contributed by atoms with E-state index in [1.165, 1.54) is 27.2 Å². The van der Waals surface area contributed by atoms with Crippen LogP contribution in [0.2, 0.25) is 0 Å². The number of hydrogen-bond donors (Lipinski definition) is 1. The van der Waals surface area contributed by atoms with Crippen LogP contribution < -0.4 is 28.6 Å².